The average Bonchev–Trinajstić information content (AvgIpc) is 2.48. The molecule has 0 spiro atoms. The minimum Gasteiger partial charge on any atom is -0.497 e. The molecule has 3 nitrogen and oxygen atoms in total. The molecule has 0 saturated carbocycles. The molecule has 1 aromatic rings. The van der Waals surface area contributed by atoms with Gasteiger partial charge in [0.1, 0.15) is 5.75 Å². The van der Waals surface area contributed by atoms with Gasteiger partial charge in [-0.2, -0.15) is 0 Å². The number of piperidine rings is 1. The lowest BCUT2D eigenvalue weighted by Gasteiger charge is -2.40. The first-order valence-corrected chi connectivity index (χ1v) is 7.25. The Labute approximate surface area is 116 Å². The van der Waals surface area contributed by atoms with Crippen LogP contribution in [-0.2, 0) is 0 Å². The van der Waals surface area contributed by atoms with Crippen LogP contribution in [0.5, 0.6) is 5.75 Å². The molecule has 0 amide bonds. The second-order valence-corrected chi connectivity index (χ2v) is 5.69. The zero-order valence-corrected chi connectivity index (χ0v) is 12.4. The van der Waals surface area contributed by atoms with Crippen molar-refractivity contribution in [3.05, 3.63) is 24.3 Å². The molecule has 106 valence electrons. The predicted octanol–water partition coefficient (Wildman–Crippen LogP) is 2.91. The maximum absolute atomic E-state index is 5.21. The van der Waals surface area contributed by atoms with Crippen molar-refractivity contribution in [2.24, 2.45) is 5.41 Å². The molecule has 1 fully saturated rings. The average molecular weight is 262 g/mol. The van der Waals surface area contributed by atoms with Crippen molar-refractivity contribution in [2.75, 3.05) is 38.7 Å². The summed E-state index contributed by atoms with van der Waals surface area (Å²) >= 11 is 0. The summed E-state index contributed by atoms with van der Waals surface area (Å²) < 4.78 is 5.21. The summed E-state index contributed by atoms with van der Waals surface area (Å²) in [6.07, 6.45) is 3.86. The Kier molecular flexibility index (Phi) is 4.70. The van der Waals surface area contributed by atoms with Crippen LogP contribution in [0.3, 0.4) is 0 Å². The molecular formula is C16H26N2O. The van der Waals surface area contributed by atoms with Gasteiger partial charge in [-0.1, -0.05) is 6.92 Å². The van der Waals surface area contributed by atoms with E-state index in [4.69, 9.17) is 4.74 Å². The highest BCUT2D eigenvalue weighted by Gasteiger charge is 2.31. The Morgan fingerprint density at radius 1 is 1.32 bits per heavy atom. The molecule has 1 aromatic carbocycles. The van der Waals surface area contributed by atoms with Crippen molar-refractivity contribution in [2.45, 2.75) is 26.2 Å². The van der Waals surface area contributed by atoms with Gasteiger partial charge in [-0.05, 0) is 50.1 Å². The third-order valence-corrected chi connectivity index (χ3v) is 4.40. The zero-order valence-electron chi connectivity index (χ0n) is 12.4. The summed E-state index contributed by atoms with van der Waals surface area (Å²) in [5.41, 5.74) is 1.69. The molecular weight excluding hydrogens is 236 g/mol. The number of ether oxygens (including phenoxy) is 1. The first-order chi connectivity index (χ1) is 9.19. The van der Waals surface area contributed by atoms with Gasteiger partial charge in [0.05, 0.1) is 7.11 Å². The molecule has 0 bridgehead atoms. The Bertz CT molecular complexity index is 382. The number of hydrogen-bond donors (Lipinski definition) is 1. The van der Waals surface area contributed by atoms with Crippen LogP contribution in [0.1, 0.15) is 26.2 Å². The molecule has 1 atom stereocenters. The quantitative estimate of drug-likeness (QED) is 0.883. The van der Waals surface area contributed by atoms with Crippen LogP contribution >= 0.6 is 0 Å². The molecule has 1 aliphatic heterocycles. The van der Waals surface area contributed by atoms with Crippen LogP contribution in [0.25, 0.3) is 0 Å². The van der Waals surface area contributed by atoms with Crippen LogP contribution in [0, 0.1) is 5.41 Å². The molecule has 0 aromatic heterocycles. The molecule has 1 N–H and O–H groups in total. The summed E-state index contributed by atoms with van der Waals surface area (Å²) in [7, 11) is 3.90. The molecule has 3 heteroatoms. The van der Waals surface area contributed by atoms with Gasteiger partial charge in [-0.15, -0.1) is 0 Å². The van der Waals surface area contributed by atoms with Gasteiger partial charge < -0.3 is 15.0 Å². The second-order valence-electron chi connectivity index (χ2n) is 5.69. The highest BCUT2D eigenvalue weighted by atomic mass is 16.5. The van der Waals surface area contributed by atoms with Crippen molar-refractivity contribution in [3.8, 4) is 5.75 Å². The normalized spacial score (nSPS) is 23.1. The third-order valence-electron chi connectivity index (χ3n) is 4.40. The summed E-state index contributed by atoms with van der Waals surface area (Å²) in [6, 6.07) is 8.34. The fraction of sp³-hybridized carbons (Fsp3) is 0.625. The SMILES string of the molecule is CCC1(CN(C)c2ccc(OC)cc2)CCCNC1. The third kappa shape index (κ3) is 3.41. The van der Waals surface area contributed by atoms with Gasteiger partial charge >= 0.3 is 0 Å². The summed E-state index contributed by atoms with van der Waals surface area (Å²) in [5, 5.41) is 3.55. The number of anilines is 1. The van der Waals surface area contributed by atoms with Crippen molar-refractivity contribution >= 4 is 5.69 Å². The Morgan fingerprint density at radius 2 is 2.05 bits per heavy atom. The van der Waals surface area contributed by atoms with E-state index in [0.29, 0.717) is 5.41 Å². The standard InChI is InChI=1S/C16H26N2O/c1-4-16(10-5-11-17-12-16)13-18(2)14-6-8-15(19-3)9-7-14/h6-9,17H,4-5,10-13H2,1-3H3. The fourth-order valence-electron chi connectivity index (χ4n) is 3.01. The van der Waals surface area contributed by atoms with E-state index in [1.54, 1.807) is 7.11 Å². The fourth-order valence-corrected chi connectivity index (χ4v) is 3.01. The summed E-state index contributed by atoms with van der Waals surface area (Å²) in [5.74, 6) is 0.918. The van der Waals surface area contributed by atoms with E-state index in [1.165, 1.54) is 31.5 Å². The molecule has 0 aliphatic carbocycles. The first kappa shape index (κ1) is 14.2. The van der Waals surface area contributed by atoms with Gasteiger partial charge in [-0.3, -0.25) is 0 Å². The van der Waals surface area contributed by atoms with Gasteiger partial charge in [0.25, 0.3) is 0 Å². The Morgan fingerprint density at radius 3 is 2.58 bits per heavy atom. The molecule has 1 heterocycles. The number of methoxy groups -OCH3 is 1. The van der Waals surface area contributed by atoms with Crippen LogP contribution in [0.4, 0.5) is 5.69 Å². The van der Waals surface area contributed by atoms with E-state index in [2.05, 4.69) is 36.3 Å². The topological polar surface area (TPSA) is 24.5 Å². The molecule has 0 radical (unpaired) electrons. The predicted molar refractivity (Wildman–Crippen MR) is 81.1 cm³/mol. The monoisotopic (exact) mass is 262 g/mol. The lowest BCUT2D eigenvalue weighted by atomic mass is 9.78. The van der Waals surface area contributed by atoms with Gasteiger partial charge in [0.15, 0.2) is 0 Å². The number of nitrogens with zero attached hydrogens (tertiary/aromatic N) is 1. The van der Waals surface area contributed by atoms with E-state index < -0.39 is 0 Å². The minimum atomic E-state index is 0.424. The van der Waals surface area contributed by atoms with E-state index in [9.17, 15) is 0 Å². The van der Waals surface area contributed by atoms with Crippen molar-refractivity contribution in [1.82, 2.24) is 5.32 Å². The van der Waals surface area contributed by atoms with Gasteiger partial charge in [-0.25, -0.2) is 0 Å². The summed E-state index contributed by atoms with van der Waals surface area (Å²) in [4.78, 5) is 2.37. The Hall–Kier alpha value is -1.22. The lowest BCUT2D eigenvalue weighted by Crippen LogP contribution is -2.46. The van der Waals surface area contributed by atoms with Gasteiger partial charge in [0, 0.05) is 31.2 Å². The van der Waals surface area contributed by atoms with Crippen LogP contribution < -0.4 is 15.0 Å². The van der Waals surface area contributed by atoms with Crippen molar-refractivity contribution < 1.29 is 4.74 Å². The van der Waals surface area contributed by atoms with E-state index in [1.807, 2.05) is 12.1 Å². The lowest BCUT2D eigenvalue weighted by molar-refractivity contribution is 0.207. The maximum atomic E-state index is 5.21. The minimum absolute atomic E-state index is 0.424. The number of rotatable bonds is 5. The molecule has 19 heavy (non-hydrogen) atoms. The Balaban J connectivity index is 2.03. The molecule has 2 rings (SSSR count). The summed E-state index contributed by atoms with van der Waals surface area (Å²) in [6.45, 7) is 5.75. The number of nitrogens with one attached hydrogen (secondary N) is 1. The van der Waals surface area contributed by atoms with Crippen molar-refractivity contribution in [1.29, 1.82) is 0 Å². The van der Waals surface area contributed by atoms with E-state index >= 15 is 0 Å². The van der Waals surface area contributed by atoms with E-state index in [-0.39, 0.29) is 0 Å². The number of hydrogen-bond acceptors (Lipinski definition) is 3. The largest absolute Gasteiger partial charge is 0.497 e. The van der Waals surface area contributed by atoms with Crippen LogP contribution in [-0.4, -0.2) is 33.8 Å². The van der Waals surface area contributed by atoms with Gasteiger partial charge in [0.2, 0.25) is 0 Å². The highest BCUT2D eigenvalue weighted by molar-refractivity contribution is 5.48. The molecule has 1 unspecified atom stereocenters. The van der Waals surface area contributed by atoms with Crippen LogP contribution in [0.2, 0.25) is 0 Å². The number of benzene rings is 1. The molecule has 1 aliphatic rings. The zero-order chi connectivity index (χ0) is 13.7. The highest BCUT2D eigenvalue weighted by Crippen LogP contribution is 2.32. The van der Waals surface area contributed by atoms with E-state index in [0.717, 1.165) is 18.8 Å². The molecule has 1 saturated heterocycles. The smallest absolute Gasteiger partial charge is 0.119 e. The van der Waals surface area contributed by atoms with Crippen LogP contribution in [0.15, 0.2) is 24.3 Å². The van der Waals surface area contributed by atoms with Crippen molar-refractivity contribution in [3.63, 3.8) is 0 Å². The second kappa shape index (κ2) is 6.29. The maximum Gasteiger partial charge on any atom is 0.119 e. The first-order valence-electron chi connectivity index (χ1n) is 7.25.